The number of ether oxygens (including phenoxy) is 1. The van der Waals surface area contributed by atoms with E-state index >= 15 is 0 Å². The molecule has 2 aromatic carbocycles. The molecule has 0 bridgehead atoms. The van der Waals surface area contributed by atoms with Crippen LogP contribution in [-0.4, -0.2) is 18.1 Å². The third-order valence-electron chi connectivity index (χ3n) is 2.67. The molecule has 0 saturated carbocycles. The van der Waals surface area contributed by atoms with Crippen LogP contribution in [0.3, 0.4) is 0 Å². The van der Waals surface area contributed by atoms with Gasteiger partial charge < -0.3 is 10.1 Å². The predicted octanol–water partition coefficient (Wildman–Crippen LogP) is 3.48. The maximum Gasteiger partial charge on any atom is 0.258 e. The summed E-state index contributed by atoms with van der Waals surface area (Å²) in [5.41, 5.74) is 1.09. The summed E-state index contributed by atoms with van der Waals surface area (Å²) in [4.78, 5) is 12.0. The molecule has 0 aliphatic rings. The molecule has 0 atom stereocenters. The Morgan fingerprint density at radius 1 is 1.19 bits per heavy atom. The van der Waals surface area contributed by atoms with Crippen LogP contribution in [0.1, 0.15) is 10.4 Å². The number of carbonyl (C=O) groups excluding carboxylic acids is 1. The van der Waals surface area contributed by atoms with E-state index in [2.05, 4.69) is 10.6 Å². The van der Waals surface area contributed by atoms with Crippen molar-refractivity contribution >= 4 is 40.5 Å². The van der Waals surface area contributed by atoms with Gasteiger partial charge in [0.15, 0.2) is 5.11 Å². The summed E-state index contributed by atoms with van der Waals surface area (Å²) in [6, 6.07) is 14.0. The third kappa shape index (κ3) is 4.18. The number of amides is 1. The van der Waals surface area contributed by atoms with Gasteiger partial charge in [0, 0.05) is 11.8 Å². The Kier molecular flexibility index (Phi) is 5.14. The Morgan fingerprint density at radius 3 is 2.67 bits per heavy atom. The van der Waals surface area contributed by atoms with Crippen LogP contribution in [0.4, 0.5) is 5.69 Å². The smallest absolute Gasteiger partial charge is 0.258 e. The Morgan fingerprint density at radius 2 is 1.95 bits per heavy atom. The number of carbonyl (C=O) groups is 1. The zero-order valence-corrected chi connectivity index (χ0v) is 12.8. The fourth-order valence-corrected chi connectivity index (χ4v) is 2.11. The van der Waals surface area contributed by atoms with Crippen LogP contribution in [-0.2, 0) is 0 Å². The summed E-state index contributed by atoms with van der Waals surface area (Å²) in [5.74, 6) is 0.334. The Hall–Kier alpha value is -2.11. The fourth-order valence-electron chi connectivity index (χ4n) is 1.68. The molecule has 108 valence electrons. The highest BCUT2D eigenvalue weighted by atomic mass is 35.5. The van der Waals surface area contributed by atoms with Crippen molar-refractivity contribution in [2.75, 3.05) is 12.4 Å². The molecule has 21 heavy (non-hydrogen) atoms. The lowest BCUT2D eigenvalue weighted by atomic mass is 10.2. The quantitative estimate of drug-likeness (QED) is 0.850. The van der Waals surface area contributed by atoms with Gasteiger partial charge in [0.2, 0.25) is 0 Å². The van der Waals surface area contributed by atoms with Gasteiger partial charge in [-0.3, -0.25) is 10.1 Å². The first-order valence-electron chi connectivity index (χ1n) is 6.11. The average Bonchev–Trinajstić information content (AvgIpc) is 2.47. The summed E-state index contributed by atoms with van der Waals surface area (Å²) in [6.45, 7) is 0. The van der Waals surface area contributed by atoms with E-state index in [1.807, 2.05) is 18.2 Å². The van der Waals surface area contributed by atoms with Gasteiger partial charge in [0.25, 0.3) is 5.91 Å². The molecular weight excluding hydrogens is 308 g/mol. The topological polar surface area (TPSA) is 50.4 Å². The molecule has 1 amide bonds. The number of thiocarbonyl (C=S) groups is 1. The first-order valence-corrected chi connectivity index (χ1v) is 6.89. The number of rotatable bonds is 3. The lowest BCUT2D eigenvalue weighted by Gasteiger charge is -2.11. The highest BCUT2D eigenvalue weighted by Crippen LogP contribution is 2.17. The molecule has 0 fully saturated rings. The second-order valence-corrected chi connectivity index (χ2v) is 4.94. The van der Waals surface area contributed by atoms with Gasteiger partial charge in [-0.15, -0.1) is 0 Å². The van der Waals surface area contributed by atoms with Crippen molar-refractivity contribution in [3.05, 3.63) is 59.1 Å². The van der Waals surface area contributed by atoms with E-state index in [1.54, 1.807) is 37.4 Å². The van der Waals surface area contributed by atoms with Gasteiger partial charge in [-0.1, -0.05) is 29.8 Å². The van der Waals surface area contributed by atoms with E-state index in [-0.39, 0.29) is 11.0 Å². The molecule has 0 aliphatic heterocycles. The van der Waals surface area contributed by atoms with Gasteiger partial charge >= 0.3 is 0 Å². The van der Waals surface area contributed by atoms with Crippen molar-refractivity contribution in [2.45, 2.75) is 0 Å². The standard InChI is InChI=1S/C15H13ClN2O2S/c1-20-11-6-4-5-10(9-11)17-15(21)18-14(19)12-7-2-3-8-13(12)16/h2-9H,1H3,(H2,17,18,19,21). The lowest BCUT2D eigenvalue weighted by Crippen LogP contribution is -2.34. The van der Waals surface area contributed by atoms with Crippen molar-refractivity contribution in [2.24, 2.45) is 0 Å². The second-order valence-electron chi connectivity index (χ2n) is 4.12. The molecule has 0 aromatic heterocycles. The van der Waals surface area contributed by atoms with E-state index in [1.165, 1.54) is 0 Å². The highest BCUT2D eigenvalue weighted by molar-refractivity contribution is 7.80. The number of hydrogen-bond donors (Lipinski definition) is 2. The molecule has 0 spiro atoms. The maximum absolute atomic E-state index is 12.0. The molecule has 0 heterocycles. The van der Waals surface area contributed by atoms with Gasteiger partial charge in [-0.25, -0.2) is 0 Å². The number of anilines is 1. The van der Waals surface area contributed by atoms with Crippen molar-refractivity contribution in [3.63, 3.8) is 0 Å². The summed E-state index contributed by atoms with van der Waals surface area (Å²) < 4.78 is 5.11. The van der Waals surface area contributed by atoms with Crippen LogP contribution >= 0.6 is 23.8 Å². The third-order valence-corrected chi connectivity index (χ3v) is 3.21. The minimum atomic E-state index is -0.360. The summed E-state index contributed by atoms with van der Waals surface area (Å²) in [5, 5.41) is 6.05. The van der Waals surface area contributed by atoms with Crippen LogP contribution in [0, 0.1) is 0 Å². The van der Waals surface area contributed by atoms with Crippen molar-refractivity contribution < 1.29 is 9.53 Å². The number of hydrogen-bond acceptors (Lipinski definition) is 3. The molecule has 0 unspecified atom stereocenters. The normalized spacial score (nSPS) is 9.81. The molecule has 6 heteroatoms. The molecular formula is C15H13ClN2O2S. The van der Waals surface area contributed by atoms with Crippen molar-refractivity contribution in [1.82, 2.24) is 5.32 Å². The molecule has 2 aromatic rings. The number of halogens is 1. The number of benzene rings is 2. The zero-order valence-electron chi connectivity index (χ0n) is 11.2. The van der Waals surface area contributed by atoms with Crippen LogP contribution in [0.2, 0.25) is 5.02 Å². The lowest BCUT2D eigenvalue weighted by molar-refractivity contribution is 0.0978. The van der Waals surface area contributed by atoms with E-state index in [0.717, 1.165) is 5.69 Å². The van der Waals surface area contributed by atoms with Gasteiger partial charge in [0.1, 0.15) is 5.75 Å². The fraction of sp³-hybridized carbons (Fsp3) is 0.0667. The summed E-state index contributed by atoms with van der Waals surface area (Å²) in [6.07, 6.45) is 0. The van der Waals surface area contributed by atoms with Crippen molar-refractivity contribution in [3.8, 4) is 5.75 Å². The Labute approximate surface area is 133 Å². The number of methoxy groups -OCH3 is 1. The second kappa shape index (κ2) is 7.06. The van der Waals surface area contributed by atoms with Gasteiger partial charge in [-0.05, 0) is 36.5 Å². The zero-order chi connectivity index (χ0) is 15.2. The monoisotopic (exact) mass is 320 g/mol. The van der Waals surface area contributed by atoms with Crippen LogP contribution in [0.25, 0.3) is 0 Å². The highest BCUT2D eigenvalue weighted by Gasteiger charge is 2.11. The van der Waals surface area contributed by atoms with Crippen LogP contribution in [0.15, 0.2) is 48.5 Å². The SMILES string of the molecule is COc1cccc(NC(=S)NC(=O)c2ccccc2Cl)c1. The maximum atomic E-state index is 12.0. The van der Waals surface area contributed by atoms with E-state index < -0.39 is 0 Å². The van der Waals surface area contributed by atoms with Crippen LogP contribution < -0.4 is 15.4 Å². The minimum Gasteiger partial charge on any atom is -0.497 e. The molecule has 2 rings (SSSR count). The predicted molar refractivity (Wildman–Crippen MR) is 88.1 cm³/mol. The number of nitrogens with one attached hydrogen (secondary N) is 2. The van der Waals surface area contributed by atoms with Gasteiger partial charge in [0.05, 0.1) is 17.7 Å². The first-order chi connectivity index (χ1) is 10.1. The minimum absolute atomic E-state index is 0.188. The van der Waals surface area contributed by atoms with E-state index in [4.69, 9.17) is 28.6 Å². The van der Waals surface area contributed by atoms with E-state index in [0.29, 0.717) is 16.3 Å². The molecule has 0 aliphatic carbocycles. The molecule has 4 nitrogen and oxygen atoms in total. The van der Waals surface area contributed by atoms with Gasteiger partial charge in [-0.2, -0.15) is 0 Å². The van der Waals surface area contributed by atoms with Crippen LogP contribution in [0.5, 0.6) is 5.75 Å². The van der Waals surface area contributed by atoms with E-state index in [9.17, 15) is 4.79 Å². The molecule has 0 radical (unpaired) electrons. The summed E-state index contributed by atoms with van der Waals surface area (Å²) in [7, 11) is 1.58. The van der Waals surface area contributed by atoms with Crippen molar-refractivity contribution in [1.29, 1.82) is 0 Å². The first kappa shape index (κ1) is 15.3. The largest absolute Gasteiger partial charge is 0.497 e. The molecule has 0 saturated heterocycles. The Balaban J connectivity index is 2.01. The summed E-state index contributed by atoms with van der Waals surface area (Å²) >= 11 is 11.1. The average molecular weight is 321 g/mol. The Bertz CT molecular complexity index is 676. The molecule has 2 N–H and O–H groups in total.